The Bertz CT molecular complexity index is 525. The smallest absolute Gasteiger partial charge is 0.341 e. The maximum Gasteiger partial charge on any atom is 0.341 e. The summed E-state index contributed by atoms with van der Waals surface area (Å²) in [5.41, 5.74) is 6.38. The molecular formula is C12H16F2N2O2S. The van der Waals surface area contributed by atoms with Crippen molar-refractivity contribution in [1.29, 1.82) is 0 Å². The number of nitrogens with one attached hydrogen (secondary N) is 1. The molecule has 0 aromatic heterocycles. The number of sulfone groups is 1. The largest absolute Gasteiger partial charge is 0.385 e. The Morgan fingerprint density at radius 1 is 1.26 bits per heavy atom. The van der Waals surface area contributed by atoms with Gasteiger partial charge in [-0.25, -0.2) is 8.42 Å². The number of nitrogens with two attached hydrogens (primary N) is 1. The molecule has 0 bridgehead atoms. The van der Waals surface area contributed by atoms with Gasteiger partial charge < -0.3 is 11.1 Å². The Hall–Kier alpha value is -1.21. The van der Waals surface area contributed by atoms with Crippen molar-refractivity contribution in [2.75, 3.05) is 11.9 Å². The van der Waals surface area contributed by atoms with Gasteiger partial charge in [-0.15, -0.1) is 0 Å². The standard InChI is InChI=1S/C12H16F2N2O2S/c13-12(14)19(17,18)11-3-1-10(2-4-11)16-7-8-5-9(15)6-8/h1-4,8-9,12,16H,5-7,15H2. The summed E-state index contributed by atoms with van der Waals surface area (Å²) in [5.74, 6) is -2.86. The molecule has 0 amide bonds. The van der Waals surface area contributed by atoms with Crippen LogP contribution in [0, 0.1) is 5.92 Å². The van der Waals surface area contributed by atoms with E-state index in [1.54, 1.807) is 0 Å². The van der Waals surface area contributed by atoms with E-state index in [0.717, 1.165) is 19.4 Å². The Labute approximate surface area is 110 Å². The molecule has 1 aromatic rings. The minimum absolute atomic E-state index is 0.283. The third-order valence-electron chi connectivity index (χ3n) is 3.28. The third kappa shape index (κ3) is 3.22. The van der Waals surface area contributed by atoms with E-state index < -0.39 is 15.6 Å². The summed E-state index contributed by atoms with van der Waals surface area (Å²) in [7, 11) is -4.50. The molecule has 0 saturated heterocycles. The fourth-order valence-electron chi connectivity index (χ4n) is 2.08. The van der Waals surface area contributed by atoms with E-state index in [0.29, 0.717) is 11.6 Å². The van der Waals surface area contributed by atoms with Crippen LogP contribution >= 0.6 is 0 Å². The molecule has 3 N–H and O–H groups in total. The van der Waals surface area contributed by atoms with Crippen LogP contribution in [0.25, 0.3) is 0 Å². The lowest BCUT2D eigenvalue weighted by Crippen LogP contribution is -2.39. The van der Waals surface area contributed by atoms with Crippen LogP contribution in [0.1, 0.15) is 12.8 Å². The summed E-state index contributed by atoms with van der Waals surface area (Å²) < 4.78 is 47.1. The molecule has 19 heavy (non-hydrogen) atoms. The minimum atomic E-state index is -4.50. The SMILES string of the molecule is NC1CC(CNc2ccc(S(=O)(=O)C(F)F)cc2)C1. The number of alkyl halides is 2. The van der Waals surface area contributed by atoms with Crippen LogP contribution in [-0.2, 0) is 9.84 Å². The Kier molecular flexibility index (Phi) is 4.05. The predicted octanol–water partition coefficient (Wildman–Crippen LogP) is 1.83. The van der Waals surface area contributed by atoms with Crippen LogP contribution in [0.3, 0.4) is 0 Å². The molecule has 1 fully saturated rings. The second kappa shape index (κ2) is 5.42. The van der Waals surface area contributed by atoms with Gasteiger partial charge in [-0.3, -0.25) is 0 Å². The van der Waals surface area contributed by atoms with E-state index in [1.165, 1.54) is 24.3 Å². The van der Waals surface area contributed by atoms with Crippen molar-refractivity contribution in [2.45, 2.75) is 29.5 Å². The van der Waals surface area contributed by atoms with Crippen molar-refractivity contribution < 1.29 is 17.2 Å². The molecule has 1 aliphatic rings. The topological polar surface area (TPSA) is 72.2 Å². The molecule has 0 aliphatic heterocycles. The average molecular weight is 290 g/mol. The van der Waals surface area contributed by atoms with Crippen LogP contribution in [0.2, 0.25) is 0 Å². The maximum absolute atomic E-state index is 12.3. The first kappa shape index (κ1) is 14.2. The molecule has 0 spiro atoms. The molecule has 1 aromatic carbocycles. The van der Waals surface area contributed by atoms with Gasteiger partial charge in [0.05, 0.1) is 4.90 Å². The van der Waals surface area contributed by atoms with E-state index in [2.05, 4.69) is 5.32 Å². The summed E-state index contributed by atoms with van der Waals surface area (Å²) in [6, 6.07) is 5.65. The number of rotatable bonds is 5. The van der Waals surface area contributed by atoms with E-state index >= 15 is 0 Å². The van der Waals surface area contributed by atoms with Gasteiger partial charge in [0.1, 0.15) is 0 Å². The lowest BCUT2D eigenvalue weighted by molar-refractivity contribution is 0.234. The summed E-state index contributed by atoms with van der Waals surface area (Å²) >= 11 is 0. The normalized spacial score (nSPS) is 23.2. The molecule has 7 heteroatoms. The quantitative estimate of drug-likeness (QED) is 0.868. The summed E-state index contributed by atoms with van der Waals surface area (Å²) in [6.45, 7) is 0.759. The number of benzene rings is 1. The van der Waals surface area contributed by atoms with Crippen LogP contribution in [0.15, 0.2) is 29.2 Å². The first-order chi connectivity index (χ1) is 8.89. The fraction of sp³-hybridized carbons (Fsp3) is 0.500. The van der Waals surface area contributed by atoms with Crippen molar-refractivity contribution in [3.63, 3.8) is 0 Å². The highest BCUT2D eigenvalue weighted by Crippen LogP contribution is 2.26. The van der Waals surface area contributed by atoms with Gasteiger partial charge in [-0.1, -0.05) is 0 Å². The van der Waals surface area contributed by atoms with Gasteiger partial charge >= 0.3 is 5.76 Å². The number of anilines is 1. The zero-order chi connectivity index (χ0) is 14.0. The van der Waals surface area contributed by atoms with Crippen molar-refractivity contribution in [1.82, 2.24) is 0 Å². The average Bonchev–Trinajstić information content (AvgIpc) is 2.33. The van der Waals surface area contributed by atoms with Gasteiger partial charge in [-0.05, 0) is 43.0 Å². The number of hydrogen-bond acceptors (Lipinski definition) is 4. The third-order valence-corrected chi connectivity index (χ3v) is 4.68. The molecule has 4 nitrogen and oxygen atoms in total. The van der Waals surface area contributed by atoms with E-state index in [-0.39, 0.29) is 10.9 Å². The number of halogens is 2. The second-order valence-electron chi connectivity index (χ2n) is 4.81. The molecular weight excluding hydrogens is 274 g/mol. The molecule has 0 heterocycles. The zero-order valence-electron chi connectivity index (χ0n) is 10.2. The van der Waals surface area contributed by atoms with Crippen molar-refractivity contribution >= 4 is 15.5 Å². The Morgan fingerprint density at radius 2 is 1.84 bits per heavy atom. The van der Waals surface area contributed by atoms with E-state index in [4.69, 9.17) is 5.73 Å². The van der Waals surface area contributed by atoms with E-state index in [9.17, 15) is 17.2 Å². The van der Waals surface area contributed by atoms with Gasteiger partial charge in [0, 0.05) is 18.3 Å². The first-order valence-electron chi connectivity index (χ1n) is 6.01. The predicted molar refractivity (Wildman–Crippen MR) is 68.8 cm³/mol. The zero-order valence-corrected chi connectivity index (χ0v) is 11.0. The molecule has 1 saturated carbocycles. The molecule has 106 valence electrons. The number of hydrogen-bond donors (Lipinski definition) is 2. The lowest BCUT2D eigenvalue weighted by Gasteiger charge is -2.32. The van der Waals surface area contributed by atoms with Crippen molar-refractivity contribution in [3.8, 4) is 0 Å². The molecule has 0 unspecified atom stereocenters. The van der Waals surface area contributed by atoms with Crippen LogP contribution < -0.4 is 11.1 Å². The fourth-order valence-corrected chi connectivity index (χ4v) is 2.80. The molecule has 0 radical (unpaired) electrons. The lowest BCUT2D eigenvalue weighted by atomic mass is 9.81. The van der Waals surface area contributed by atoms with Crippen LogP contribution in [0.4, 0.5) is 14.5 Å². The molecule has 2 rings (SSSR count). The Balaban J connectivity index is 1.95. The summed E-state index contributed by atoms with van der Waals surface area (Å²) in [4.78, 5) is -0.362. The first-order valence-corrected chi connectivity index (χ1v) is 7.56. The Morgan fingerprint density at radius 3 is 2.32 bits per heavy atom. The highest BCUT2D eigenvalue weighted by atomic mass is 32.2. The van der Waals surface area contributed by atoms with E-state index in [1.807, 2.05) is 0 Å². The van der Waals surface area contributed by atoms with Crippen molar-refractivity contribution in [3.05, 3.63) is 24.3 Å². The van der Waals surface area contributed by atoms with Crippen LogP contribution in [-0.4, -0.2) is 26.8 Å². The van der Waals surface area contributed by atoms with Gasteiger partial charge in [0.25, 0.3) is 0 Å². The second-order valence-corrected chi connectivity index (χ2v) is 6.73. The summed E-state index contributed by atoms with van der Waals surface area (Å²) in [5, 5.41) is 3.14. The van der Waals surface area contributed by atoms with Gasteiger partial charge in [-0.2, -0.15) is 8.78 Å². The molecule has 0 atom stereocenters. The summed E-state index contributed by atoms with van der Waals surface area (Å²) in [6.07, 6.45) is 1.95. The highest BCUT2D eigenvalue weighted by Gasteiger charge is 2.27. The highest BCUT2D eigenvalue weighted by molar-refractivity contribution is 7.91. The van der Waals surface area contributed by atoms with Crippen molar-refractivity contribution in [2.24, 2.45) is 11.7 Å². The van der Waals surface area contributed by atoms with Gasteiger partial charge in [0.15, 0.2) is 0 Å². The maximum atomic E-state index is 12.3. The molecule has 1 aliphatic carbocycles. The van der Waals surface area contributed by atoms with Crippen LogP contribution in [0.5, 0.6) is 0 Å². The van der Waals surface area contributed by atoms with Gasteiger partial charge in [0.2, 0.25) is 9.84 Å². The minimum Gasteiger partial charge on any atom is -0.385 e. The monoisotopic (exact) mass is 290 g/mol.